The molecule has 0 saturated carbocycles. The van der Waals surface area contributed by atoms with Gasteiger partial charge in [-0.05, 0) is 53.2 Å². The number of hydrogen-bond donors (Lipinski definition) is 1. The van der Waals surface area contributed by atoms with Gasteiger partial charge in [-0.3, -0.25) is 4.79 Å². The van der Waals surface area contributed by atoms with Gasteiger partial charge in [-0.15, -0.1) is 0 Å². The van der Waals surface area contributed by atoms with Gasteiger partial charge in [-0.25, -0.2) is 0 Å². The highest BCUT2D eigenvalue weighted by molar-refractivity contribution is 9.10. The zero-order valence-corrected chi connectivity index (χ0v) is 13.1. The molecule has 1 aromatic heterocycles. The van der Waals surface area contributed by atoms with Gasteiger partial charge in [-0.1, -0.05) is 11.6 Å². The van der Waals surface area contributed by atoms with Crippen molar-refractivity contribution < 1.29 is 13.9 Å². The number of amides is 1. The maximum absolute atomic E-state index is 11.9. The number of hydrogen-bond acceptors (Lipinski definition) is 3. The first-order valence-electron chi connectivity index (χ1n) is 5.98. The van der Waals surface area contributed by atoms with Crippen LogP contribution in [-0.2, 0) is 11.3 Å². The highest BCUT2D eigenvalue weighted by Gasteiger charge is 2.16. The lowest BCUT2D eigenvalue weighted by atomic mass is 10.3. The fourth-order valence-corrected chi connectivity index (χ4v) is 2.32. The van der Waals surface area contributed by atoms with Gasteiger partial charge >= 0.3 is 0 Å². The summed E-state index contributed by atoms with van der Waals surface area (Å²) in [7, 11) is 0. The molecule has 0 aliphatic carbocycles. The Kier molecular flexibility index (Phi) is 5.09. The van der Waals surface area contributed by atoms with Crippen molar-refractivity contribution in [3.8, 4) is 5.75 Å². The Hall–Kier alpha value is -1.46. The average molecular weight is 359 g/mol. The second kappa shape index (κ2) is 6.81. The molecule has 1 atom stereocenters. The Morgan fingerprint density at radius 2 is 2.30 bits per heavy atom. The molecule has 0 bridgehead atoms. The first-order valence-corrected chi connectivity index (χ1v) is 7.15. The van der Waals surface area contributed by atoms with Crippen LogP contribution in [0, 0.1) is 0 Å². The number of carbonyl (C=O) groups is 1. The monoisotopic (exact) mass is 357 g/mol. The molecule has 20 heavy (non-hydrogen) atoms. The van der Waals surface area contributed by atoms with Crippen molar-refractivity contribution in [2.24, 2.45) is 0 Å². The SMILES string of the molecule is C[C@@H](Oc1ccc(Cl)cc1Br)C(=O)NCc1ccco1. The van der Waals surface area contributed by atoms with E-state index in [2.05, 4.69) is 21.2 Å². The summed E-state index contributed by atoms with van der Waals surface area (Å²) in [6.07, 6.45) is 0.939. The molecule has 0 radical (unpaired) electrons. The second-order valence-corrected chi connectivity index (χ2v) is 5.42. The number of ether oxygens (including phenoxy) is 1. The third-order valence-electron chi connectivity index (χ3n) is 2.58. The van der Waals surface area contributed by atoms with Crippen molar-refractivity contribution in [1.82, 2.24) is 5.32 Å². The molecular weight excluding hydrogens is 346 g/mol. The number of rotatable bonds is 5. The van der Waals surface area contributed by atoms with Crippen LogP contribution >= 0.6 is 27.5 Å². The largest absolute Gasteiger partial charge is 0.480 e. The molecular formula is C14H13BrClNO3. The van der Waals surface area contributed by atoms with Crippen LogP contribution in [0.1, 0.15) is 12.7 Å². The van der Waals surface area contributed by atoms with Crippen LogP contribution in [0.25, 0.3) is 0 Å². The van der Waals surface area contributed by atoms with Crippen molar-refractivity contribution in [2.75, 3.05) is 0 Å². The molecule has 0 aliphatic rings. The normalized spacial score (nSPS) is 11.9. The van der Waals surface area contributed by atoms with Crippen molar-refractivity contribution in [3.05, 3.63) is 51.9 Å². The smallest absolute Gasteiger partial charge is 0.261 e. The molecule has 1 N–H and O–H groups in total. The van der Waals surface area contributed by atoms with Gasteiger partial charge < -0.3 is 14.5 Å². The zero-order valence-electron chi connectivity index (χ0n) is 10.7. The summed E-state index contributed by atoms with van der Waals surface area (Å²) < 4.78 is 11.4. The Bertz CT molecular complexity index is 586. The highest BCUT2D eigenvalue weighted by atomic mass is 79.9. The second-order valence-electron chi connectivity index (χ2n) is 4.13. The van der Waals surface area contributed by atoms with Gasteiger partial charge in [-0.2, -0.15) is 0 Å². The minimum absolute atomic E-state index is 0.219. The van der Waals surface area contributed by atoms with Gasteiger partial charge in [0.15, 0.2) is 6.10 Å². The van der Waals surface area contributed by atoms with Crippen LogP contribution in [-0.4, -0.2) is 12.0 Å². The summed E-state index contributed by atoms with van der Waals surface area (Å²) in [6, 6.07) is 8.69. The average Bonchev–Trinajstić information content (AvgIpc) is 2.92. The summed E-state index contributed by atoms with van der Waals surface area (Å²) in [5, 5.41) is 3.33. The van der Waals surface area contributed by atoms with Gasteiger partial charge in [0.1, 0.15) is 11.5 Å². The molecule has 1 heterocycles. The van der Waals surface area contributed by atoms with Gasteiger partial charge in [0.25, 0.3) is 5.91 Å². The first kappa shape index (κ1) is 14.9. The van der Waals surface area contributed by atoms with Gasteiger partial charge in [0, 0.05) is 5.02 Å². The van der Waals surface area contributed by atoms with Crippen LogP contribution in [0.2, 0.25) is 5.02 Å². The van der Waals surface area contributed by atoms with Gasteiger partial charge in [0.05, 0.1) is 17.3 Å². The maximum Gasteiger partial charge on any atom is 0.261 e. The molecule has 1 aromatic carbocycles. The quantitative estimate of drug-likeness (QED) is 0.885. The minimum atomic E-state index is -0.623. The van der Waals surface area contributed by atoms with E-state index in [1.165, 1.54) is 0 Å². The Balaban J connectivity index is 1.90. The fraction of sp³-hybridized carbons (Fsp3) is 0.214. The fourth-order valence-electron chi connectivity index (χ4n) is 1.55. The predicted octanol–water partition coefficient (Wildman–Crippen LogP) is 3.78. The zero-order chi connectivity index (χ0) is 14.5. The third kappa shape index (κ3) is 4.02. The molecule has 106 valence electrons. The lowest BCUT2D eigenvalue weighted by molar-refractivity contribution is -0.127. The summed E-state index contributed by atoms with van der Waals surface area (Å²) in [5.74, 6) is 1.04. The topological polar surface area (TPSA) is 51.5 Å². The summed E-state index contributed by atoms with van der Waals surface area (Å²) in [6.45, 7) is 2.01. The Morgan fingerprint density at radius 3 is 2.95 bits per heavy atom. The van der Waals surface area contributed by atoms with Crippen LogP contribution in [0.5, 0.6) is 5.75 Å². The molecule has 0 saturated heterocycles. The summed E-state index contributed by atoms with van der Waals surface area (Å²) >= 11 is 9.19. The van der Waals surface area contributed by atoms with Gasteiger partial charge in [0.2, 0.25) is 0 Å². The number of furan rings is 1. The highest BCUT2D eigenvalue weighted by Crippen LogP contribution is 2.28. The molecule has 4 nitrogen and oxygen atoms in total. The third-order valence-corrected chi connectivity index (χ3v) is 3.44. The lowest BCUT2D eigenvalue weighted by Crippen LogP contribution is -2.35. The molecule has 0 unspecified atom stereocenters. The van der Waals surface area contributed by atoms with E-state index >= 15 is 0 Å². The van der Waals surface area contributed by atoms with E-state index in [1.807, 2.05) is 0 Å². The van der Waals surface area contributed by atoms with E-state index in [-0.39, 0.29) is 5.91 Å². The van der Waals surface area contributed by atoms with Crippen LogP contribution in [0.4, 0.5) is 0 Å². The first-order chi connectivity index (χ1) is 9.56. The minimum Gasteiger partial charge on any atom is -0.480 e. The van der Waals surface area contributed by atoms with E-state index in [9.17, 15) is 4.79 Å². The van der Waals surface area contributed by atoms with Crippen molar-refractivity contribution >= 4 is 33.4 Å². The lowest BCUT2D eigenvalue weighted by Gasteiger charge is -2.15. The summed E-state index contributed by atoms with van der Waals surface area (Å²) in [4.78, 5) is 11.9. The number of benzene rings is 1. The van der Waals surface area contributed by atoms with E-state index in [0.29, 0.717) is 27.5 Å². The van der Waals surface area contributed by atoms with E-state index in [4.69, 9.17) is 20.8 Å². The molecule has 2 aromatic rings. The van der Waals surface area contributed by atoms with E-state index in [0.717, 1.165) is 0 Å². The molecule has 0 aliphatic heterocycles. The number of halogens is 2. The molecule has 0 fully saturated rings. The Morgan fingerprint density at radius 1 is 1.50 bits per heavy atom. The standard InChI is InChI=1S/C14H13BrClNO3/c1-9(14(18)17-8-11-3-2-6-19-11)20-13-5-4-10(16)7-12(13)15/h2-7,9H,8H2,1H3,(H,17,18)/t9-/m1/s1. The summed E-state index contributed by atoms with van der Waals surface area (Å²) in [5.41, 5.74) is 0. The van der Waals surface area contributed by atoms with Crippen molar-refractivity contribution in [2.45, 2.75) is 19.6 Å². The van der Waals surface area contributed by atoms with Crippen molar-refractivity contribution in [3.63, 3.8) is 0 Å². The predicted molar refractivity (Wildman–Crippen MR) is 79.8 cm³/mol. The van der Waals surface area contributed by atoms with E-state index < -0.39 is 6.10 Å². The molecule has 0 spiro atoms. The Labute approximate surface area is 130 Å². The maximum atomic E-state index is 11.9. The molecule has 2 rings (SSSR count). The molecule has 1 amide bonds. The number of carbonyl (C=O) groups excluding carboxylic acids is 1. The van der Waals surface area contributed by atoms with Crippen LogP contribution in [0.3, 0.4) is 0 Å². The van der Waals surface area contributed by atoms with Crippen molar-refractivity contribution in [1.29, 1.82) is 0 Å². The van der Waals surface area contributed by atoms with Crippen LogP contribution in [0.15, 0.2) is 45.5 Å². The van der Waals surface area contributed by atoms with Crippen LogP contribution < -0.4 is 10.1 Å². The van der Waals surface area contributed by atoms with E-state index in [1.54, 1.807) is 43.5 Å². The molecule has 6 heteroatoms. The number of nitrogens with one attached hydrogen (secondary N) is 1.